The molecule has 0 aliphatic heterocycles. The van der Waals surface area contributed by atoms with Crippen LogP contribution in [-0.2, 0) is 0 Å². The molecule has 0 heterocycles. The van der Waals surface area contributed by atoms with Gasteiger partial charge >= 0.3 is 0 Å². The zero-order valence-corrected chi connectivity index (χ0v) is 5.55. The lowest BCUT2D eigenvalue weighted by atomic mass is 11.0. The van der Waals surface area contributed by atoms with Crippen molar-refractivity contribution in [2.75, 3.05) is 0 Å². The Balaban J connectivity index is 3.76. The van der Waals surface area contributed by atoms with Crippen LogP contribution in [0.5, 0.6) is 0 Å². The van der Waals surface area contributed by atoms with Gasteiger partial charge in [0.1, 0.15) is 0 Å². The zero-order valence-electron chi connectivity index (χ0n) is 3.76. The fourth-order valence-electron chi connectivity index (χ4n) is 0.114. The van der Waals surface area contributed by atoms with Crippen LogP contribution < -0.4 is 9.79 Å². The van der Waals surface area contributed by atoms with Gasteiger partial charge in [0.25, 0.3) is 0 Å². The standard InChI is InChI=1S/C2H4O4P2/c3-7(4)1-2-8(5)6/h1-2H,(H,3,4)(H,5,6). The van der Waals surface area contributed by atoms with E-state index in [4.69, 9.17) is 9.79 Å². The van der Waals surface area contributed by atoms with Gasteiger partial charge in [-0.15, -0.1) is 0 Å². The van der Waals surface area contributed by atoms with Crippen molar-refractivity contribution in [3.8, 4) is 0 Å². The molecule has 0 saturated carbocycles. The fraction of sp³-hybridized carbons (Fsp3) is 0. The van der Waals surface area contributed by atoms with E-state index in [-0.39, 0.29) is 0 Å². The molecular weight excluding hydrogens is 150 g/mol. The highest BCUT2D eigenvalue weighted by atomic mass is 31.1. The van der Waals surface area contributed by atoms with Crippen LogP contribution in [0.15, 0.2) is 0 Å². The van der Waals surface area contributed by atoms with Gasteiger partial charge in [-0.1, -0.05) is 0 Å². The second-order valence-electron chi connectivity index (χ2n) is 0.903. The molecule has 6 heteroatoms. The molecule has 0 rings (SSSR count). The maximum atomic E-state index is 9.73. The largest absolute Gasteiger partial charge is 0.603 e. The Labute approximate surface area is 48.1 Å². The van der Waals surface area contributed by atoms with Gasteiger partial charge in [-0.3, -0.25) is 0 Å². The third kappa shape index (κ3) is 6.18. The Kier molecular flexibility index (Phi) is 4.19. The monoisotopic (exact) mass is 154 g/mol. The molecule has 2 atom stereocenters. The molecule has 0 aromatic heterocycles. The van der Waals surface area contributed by atoms with Crippen molar-refractivity contribution < 1.29 is 19.6 Å². The summed E-state index contributed by atoms with van der Waals surface area (Å²) in [7, 11) is -4.81. The summed E-state index contributed by atoms with van der Waals surface area (Å²) < 4.78 is 0. The van der Waals surface area contributed by atoms with Crippen molar-refractivity contribution in [2.45, 2.75) is 0 Å². The van der Waals surface area contributed by atoms with Crippen molar-refractivity contribution in [3.63, 3.8) is 0 Å². The summed E-state index contributed by atoms with van der Waals surface area (Å²) in [4.78, 5) is 35.4. The van der Waals surface area contributed by atoms with E-state index in [0.29, 0.717) is 0 Å². The van der Waals surface area contributed by atoms with Crippen LogP contribution in [0.2, 0.25) is 0 Å². The normalized spacial score (nSPS) is 14.5. The van der Waals surface area contributed by atoms with Crippen LogP contribution in [0, 0.1) is 0 Å². The zero-order chi connectivity index (χ0) is 6.57. The van der Waals surface area contributed by atoms with Crippen molar-refractivity contribution >= 4 is 27.6 Å². The third-order valence-electron chi connectivity index (χ3n) is 0.322. The quantitative estimate of drug-likeness (QED) is 0.424. The highest BCUT2D eigenvalue weighted by molar-refractivity contribution is 7.53. The van der Waals surface area contributed by atoms with Gasteiger partial charge < -0.3 is 9.79 Å². The Bertz CT molecular complexity index is 104. The van der Waals surface area contributed by atoms with E-state index >= 15 is 0 Å². The summed E-state index contributed by atoms with van der Waals surface area (Å²) in [6.07, 6.45) is 0. The van der Waals surface area contributed by atoms with Crippen molar-refractivity contribution in [1.82, 2.24) is 0 Å². The molecule has 0 bridgehead atoms. The Morgan fingerprint density at radius 1 is 1.00 bits per heavy atom. The summed E-state index contributed by atoms with van der Waals surface area (Å²) in [5.41, 5.74) is 0. The molecule has 0 fully saturated rings. The lowest BCUT2D eigenvalue weighted by Crippen LogP contribution is -1.91. The Morgan fingerprint density at radius 3 is 1.38 bits per heavy atom. The second kappa shape index (κ2) is 4.10. The van der Waals surface area contributed by atoms with Gasteiger partial charge in [0, 0.05) is 0 Å². The fourth-order valence-corrected chi connectivity index (χ4v) is 1.03. The van der Waals surface area contributed by atoms with Crippen LogP contribution in [-0.4, -0.2) is 21.4 Å². The molecule has 8 heavy (non-hydrogen) atoms. The Hall–Kier alpha value is 0.180. The molecule has 2 N–H and O–H groups in total. The average Bonchev–Trinajstić information content (AvgIpc) is 1.61. The molecule has 0 aliphatic rings. The summed E-state index contributed by atoms with van der Waals surface area (Å²) in [6, 6.07) is 0. The minimum absolute atomic E-state index is 0.772. The predicted octanol–water partition coefficient (Wildman–Crippen LogP) is -2.08. The summed E-state index contributed by atoms with van der Waals surface area (Å²) >= 11 is 0. The van der Waals surface area contributed by atoms with E-state index in [1.807, 2.05) is 0 Å². The van der Waals surface area contributed by atoms with Crippen LogP contribution >= 0.6 is 16.0 Å². The lowest BCUT2D eigenvalue weighted by Gasteiger charge is -1.78. The van der Waals surface area contributed by atoms with Crippen LogP contribution in [0.3, 0.4) is 0 Å². The first-order valence-corrected chi connectivity index (χ1v) is 4.18. The smallest absolute Gasteiger partial charge is 0.221 e. The average molecular weight is 154 g/mol. The second-order valence-corrected chi connectivity index (χ2v) is 2.71. The molecule has 0 saturated heterocycles. The molecule has 0 aromatic rings. The first-order valence-electron chi connectivity index (χ1n) is 1.61. The number of rotatable bonds is 1. The number of hydrogen-bond donors (Lipinski definition) is 2. The van der Waals surface area contributed by atoms with Gasteiger partial charge in [-0.25, -0.2) is 0 Å². The van der Waals surface area contributed by atoms with E-state index in [0.717, 1.165) is 11.6 Å². The maximum Gasteiger partial charge on any atom is 0.221 e. The maximum absolute atomic E-state index is 9.73. The molecular formula is C2H4O4P2. The molecule has 0 aromatic carbocycles. The molecule has 2 unspecified atom stereocenters. The minimum Gasteiger partial charge on any atom is -0.603 e. The van der Waals surface area contributed by atoms with Crippen LogP contribution in [0.4, 0.5) is 0 Å². The van der Waals surface area contributed by atoms with Crippen molar-refractivity contribution in [1.29, 1.82) is 0 Å². The third-order valence-corrected chi connectivity index (χ3v) is 1.37. The van der Waals surface area contributed by atoms with Crippen LogP contribution in [0.25, 0.3) is 0 Å². The highest BCUT2D eigenvalue weighted by Gasteiger charge is 1.86. The first kappa shape index (κ1) is 8.18. The van der Waals surface area contributed by atoms with E-state index in [9.17, 15) is 9.79 Å². The Morgan fingerprint density at radius 2 is 1.25 bits per heavy atom. The molecule has 0 radical (unpaired) electrons. The van der Waals surface area contributed by atoms with Crippen molar-refractivity contribution in [2.24, 2.45) is 0 Å². The van der Waals surface area contributed by atoms with Gasteiger partial charge in [0.2, 0.25) is 16.0 Å². The summed E-state index contributed by atoms with van der Waals surface area (Å²) in [5.74, 6) is 1.54. The first-order chi connectivity index (χ1) is 3.63. The molecule has 4 nitrogen and oxygen atoms in total. The molecule has 0 aliphatic carbocycles. The molecule has 0 spiro atoms. The van der Waals surface area contributed by atoms with E-state index in [2.05, 4.69) is 0 Å². The van der Waals surface area contributed by atoms with E-state index < -0.39 is 16.0 Å². The molecule has 46 valence electrons. The van der Waals surface area contributed by atoms with Crippen molar-refractivity contribution in [3.05, 3.63) is 0 Å². The van der Waals surface area contributed by atoms with E-state index in [1.165, 1.54) is 0 Å². The lowest BCUT2D eigenvalue weighted by molar-refractivity contribution is -0.168. The van der Waals surface area contributed by atoms with Crippen LogP contribution in [0.1, 0.15) is 0 Å². The topological polar surface area (TPSA) is 86.6 Å². The molecule has 0 amide bonds. The van der Waals surface area contributed by atoms with Gasteiger partial charge in [0.05, 0.1) is 0 Å². The number of hydrogen-bond acceptors (Lipinski definition) is 4. The van der Waals surface area contributed by atoms with Gasteiger partial charge in [-0.05, 0) is 0 Å². The van der Waals surface area contributed by atoms with Gasteiger partial charge in [-0.2, -0.15) is 9.79 Å². The highest BCUT2D eigenvalue weighted by Crippen LogP contribution is 2.01. The van der Waals surface area contributed by atoms with E-state index in [1.54, 1.807) is 0 Å². The SMILES string of the molecule is [O-]/[P+](O)=C/C=[P+](/[O-])O. The van der Waals surface area contributed by atoms with Gasteiger partial charge in [0.15, 0.2) is 11.6 Å². The predicted molar refractivity (Wildman–Crippen MR) is 30.4 cm³/mol. The minimum atomic E-state index is -2.41. The summed E-state index contributed by atoms with van der Waals surface area (Å²) in [5, 5.41) is 0. The summed E-state index contributed by atoms with van der Waals surface area (Å²) in [6.45, 7) is 0.